The van der Waals surface area contributed by atoms with E-state index in [0.717, 1.165) is 6.42 Å². The zero-order valence-electron chi connectivity index (χ0n) is 10.3. The van der Waals surface area contributed by atoms with Gasteiger partial charge in [-0.3, -0.25) is 0 Å². The molecule has 0 aromatic carbocycles. The molecule has 0 amide bonds. The van der Waals surface area contributed by atoms with Crippen LogP contribution in [0.1, 0.15) is 12.8 Å². The van der Waals surface area contributed by atoms with Crippen LogP contribution in [0, 0.1) is 0 Å². The molecule has 1 fully saturated rings. The summed E-state index contributed by atoms with van der Waals surface area (Å²) in [6, 6.07) is 0.969. The van der Waals surface area contributed by atoms with Crippen molar-refractivity contribution < 1.29 is 19.4 Å². The summed E-state index contributed by atoms with van der Waals surface area (Å²) in [5.74, 6) is 0.176. The van der Waals surface area contributed by atoms with Crippen molar-refractivity contribution >= 4 is 11.9 Å². The Morgan fingerprint density at radius 2 is 2.00 bits per heavy atom. The summed E-state index contributed by atoms with van der Waals surface area (Å²) in [4.78, 5) is 21.1. The van der Waals surface area contributed by atoms with Crippen LogP contribution in [0.25, 0.3) is 0 Å². The van der Waals surface area contributed by atoms with Gasteiger partial charge in [0.05, 0.1) is 20.3 Å². The summed E-state index contributed by atoms with van der Waals surface area (Å²) in [6.07, 6.45) is 1.40. The first-order valence-electron chi connectivity index (χ1n) is 5.62. The molecule has 1 aliphatic rings. The monoisotopic (exact) mass is 253 g/mol. The molecule has 2 rings (SSSR count). The first-order chi connectivity index (χ1) is 8.65. The Hall–Kier alpha value is -2.05. The molecule has 1 N–H and O–H groups in total. The highest BCUT2D eigenvalue weighted by molar-refractivity contribution is 5.78. The summed E-state index contributed by atoms with van der Waals surface area (Å²) in [5.41, 5.74) is 0. The molecular formula is C11H15N3O4. The second-order valence-electron chi connectivity index (χ2n) is 3.94. The molecule has 18 heavy (non-hydrogen) atoms. The number of hydrogen-bond donors (Lipinski definition) is 1. The number of carboxylic acid groups (broad SMARTS) is 1. The van der Waals surface area contributed by atoms with E-state index in [1.54, 1.807) is 11.0 Å². The van der Waals surface area contributed by atoms with Gasteiger partial charge < -0.3 is 19.5 Å². The minimum Gasteiger partial charge on any atom is -0.481 e. The zero-order valence-corrected chi connectivity index (χ0v) is 10.3. The van der Waals surface area contributed by atoms with Crippen LogP contribution in [0.2, 0.25) is 0 Å². The highest BCUT2D eigenvalue weighted by atomic mass is 16.5. The molecule has 1 aromatic heterocycles. The third-order valence-corrected chi connectivity index (χ3v) is 2.88. The van der Waals surface area contributed by atoms with Gasteiger partial charge in [-0.2, -0.15) is 9.97 Å². The van der Waals surface area contributed by atoms with E-state index in [0.29, 0.717) is 30.7 Å². The lowest BCUT2D eigenvalue weighted by Gasteiger charge is -2.21. The lowest BCUT2D eigenvalue weighted by Crippen LogP contribution is -2.37. The number of rotatable bonds is 4. The average Bonchev–Trinajstić information content (AvgIpc) is 2.87. The van der Waals surface area contributed by atoms with E-state index in [9.17, 15) is 4.79 Å². The molecule has 1 atom stereocenters. The van der Waals surface area contributed by atoms with E-state index in [1.807, 2.05) is 0 Å². The van der Waals surface area contributed by atoms with Crippen molar-refractivity contribution in [2.24, 2.45) is 0 Å². The Kier molecular flexibility index (Phi) is 3.50. The van der Waals surface area contributed by atoms with Gasteiger partial charge >= 0.3 is 5.97 Å². The third kappa shape index (κ3) is 2.29. The van der Waals surface area contributed by atoms with E-state index in [2.05, 4.69) is 9.97 Å². The average molecular weight is 253 g/mol. The van der Waals surface area contributed by atoms with Crippen molar-refractivity contribution in [3.8, 4) is 11.8 Å². The third-order valence-electron chi connectivity index (χ3n) is 2.88. The number of carbonyl (C=O) groups is 1. The van der Waals surface area contributed by atoms with Crippen molar-refractivity contribution in [3.05, 3.63) is 6.07 Å². The molecule has 0 saturated carbocycles. The van der Waals surface area contributed by atoms with Gasteiger partial charge in [-0.05, 0) is 12.8 Å². The van der Waals surface area contributed by atoms with Crippen LogP contribution in [0.4, 0.5) is 5.95 Å². The Morgan fingerprint density at radius 3 is 2.50 bits per heavy atom. The second-order valence-corrected chi connectivity index (χ2v) is 3.94. The van der Waals surface area contributed by atoms with Crippen LogP contribution in [-0.2, 0) is 4.79 Å². The predicted octanol–water partition coefficient (Wildman–Crippen LogP) is 0.547. The summed E-state index contributed by atoms with van der Waals surface area (Å²) in [6.45, 7) is 0.618. The summed E-state index contributed by atoms with van der Waals surface area (Å²) >= 11 is 0. The molecule has 98 valence electrons. The van der Waals surface area contributed by atoms with Gasteiger partial charge in [-0.25, -0.2) is 4.79 Å². The number of aliphatic carboxylic acids is 1. The Labute approximate surface area is 104 Å². The van der Waals surface area contributed by atoms with Crippen LogP contribution in [-0.4, -0.2) is 47.8 Å². The van der Waals surface area contributed by atoms with Gasteiger partial charge in [0.1, 0.15) is 6.04 Å². The molecule has 0 bridgehead atoms. The van der Waals surface area contributed by atoms with Gasteiger partial charge in [0.25, 0.3) is 0 Å². The molecule has 7 heteroatoms. The van der Waals surface area contributed by atoms with E-state index < -0.39 is 12.0 Å². The van der Waals surface area contributed by atoms with Crippen LogP contribution >= 0.6 is 0 Å². The van der Waals surface area contributed by atoms with Crippen LogP contribution < -0.4 is 14.4 Å². The van der Waals surface area contributed by atoms with E-state index in [-0.39, 0.29) is 0 Å². The first-order valence-corrected chi connectivity index (χ1v) is 5.62. The molecule has 0 spiro atoms. The fraction of sp³-hybridized carbons (Fsp3) is 0.545. The number of aromatic nitrogens is 2. The highest BCUT2D eigenvalue weighted by Gasteiger charge is 2.32. The van der Waals surface area contributed by atoms with Gasteiger partial charge in [0, 0.05) is 6.54 Å². The second kappa shape index (κ2) is 5.07. The van der Waals surface area contributed by atoms with Crippen molar-refractivity contribution in [2.45, 2.75) is 18.9 Å². The first kappa shape index (κ1) is 12.4. The van der Waals surface area contributed by atoms with Gasteiger partial charge in [0.15, 0.2) is 0 Å². The smallest absolute Gasteiger partial charge is 0.326 e. The summed E-state index contributed by atoms with van der Waals surface area (Å²) in [5, 5.41) is 9.14. The lowest BCUT2D eigenvalue weighted by molar-refractivity contribution is -0.138. The Morgan fingerprint density at radius 1 is 1.39 bits per heavy atom. The van der Waals surface area contributed by atoms with Crippen molar-refractivity contribution in [3.63, 3.8) is 0 Å². The quantitative estimate of drug-likeness (QED) is 0.838. The molecule has 7 nitrogen and oxygen atoms in total. The van der Waals surface area contributed by atoms with Crippen LogP contribution in [0.15, 0.2) is 6.07 Å². The van der Waals surface area contributed by atoms with Gasteiger partial charge in [-0.15, -0.1) is 0 Å². The number of hydrogen-bond acceptors (Lipinski definition) is 6. The van der Waals surface area contributed by atoms with E-state index >= 15 is 0 Å². The SMILES string of the molecule is COc1cc(OC)nc(N2CCCC2C(=O)O)n1. The fourth-order valence-electron chi connectivity index (χ4n) is 1.99. The number of nitrogens with zero attached hydrogens (tertiary/aromatic N) is 3. The standard InChI is InChI=1S/C11H15N3O4/c1-17-8-6-9(18-2)13-11(12-8)14-5-3-4-7(14)10(15)16/h6-7H,3-5H2,1-2H3,(H,15,16). The van der Waals surface area contributed by atoms with Crippen molar-refractivity contribution in [2.75, 3.05) is 25.7 Å². The number of methoxy groups -OCH3 is 2. The minimum absolute atomic E-state index is 0.330. The molecule has 1 aliphatic heterocycles. The van der Waals surface area contributed by atoms with Crippen LogP contribution in [0.5, 0.6) is 11.8 Å². The van der Waals surface area contributed by atoms with Crippen molar-refractivity contribution in [1.82, 2.24) is 9.97 Å². The minimum atomic E-state index is -0.863. The summed E-state index contributed by atoms with van der Waals surface area (Å²) < 4.78 is 10.1. The number of ether oxygens (including phenoxy) is 2. The van der Waals surface area contributed by atoms with E-state index in [4.69, 9.17) is 14.6 Å². The fourth-order valence-corrected chi connectivity index (χ4v) is 1.99. The molecular weight excluding hydrogens is 238 g/mol. The number of carboxylic acids is 1. The maximum Gasteiger partial charge on any atom is 0.326 e. The lowest BCUT2D eigenvalue weighted by atomic mass is 10.2. The maximum atomic E-state index is 11.1. The van der Waals surface area contributed by atoms with Crippen molar-refractivity contribution in [1.29, 1.82) is 0 Å². The molecule has 1 aromatic rings. The Bertz CT molecular complexity index is 430. The molecule has 0 aliphatic carbocycles. The highest BCUT2D eigenvalue weighted by Crippen LogP contribution is 2.26. The molecule has 0 radical (unpaired) electrons. The largest absolute Gasteiger partial charge is 0.481 e. The zero-order chi connectivity index (χ0) is 13.1. The van der Waals surface area contributed by atoms with Gasteiger partial charge in [0.2, 0.25) is 17.7 Å². The normalized spacial score (nSPS) is 18.8. The van der Waals surface area contributed by atoms with E-state index in [1.165, 1.54) is 14.2 Å². The predicted molar refractivity (Wildman–Crippen MR) is 63.1 cm³/mol. The molecule has 1 saturated heterocycles. The molecule has 2 heterocycles. The Balaban J connectivity index is 2.34. The van der Waals surface area contributed by atoms with Crippen LogP contribution in [0.3, 0.4) is 0 Å². The summed E-state index contributed by atoms with van der Waals surface area (Å²) in [7, 11) is 2.98. The van der Waals surface area contributed by atoms with Gasteiger partial charge in [-0.1, -0.05) is 0 Å². The topological polar surface area (TPSA) is 84.8 Å². The number of anilines is 1. The maximum absolute atomic E-state index is 11.1. The molecule has 1 unspecified atom stereocenters.